The molecule has 0 fully saturated rings. The van der Waals surface area contributed by atoms with Gasteiger partial charge in [-0.15, -0.1) is 0 Å². The molecule has 5 heteroatoms. The molecule has 18 heavy (non-hydrogen) atoms. The van der Waals surface area contributed by atoms with Crippen LogP contribution in [0.5, 0.6) is 0 Å². The van der Waals surface area contributed by atoms with Crippen molar-refractivity contribution < 1.29 is 23.9 Å². The molecule has 0 rings (SSSR count). The number of carboxylic acid groups (broad SMARTS) is 2. The van der Waals surface area contributed by atoms with Crippen molar-refractivity contribution in [2.24, 2.45) is 0 Å². The van der Waals surface area contributed by atoms with Gasteiger partial charge in [0.15, 0.2) is 0 Å². The maximum Gasteiger partial charge on any atom is 0.328 e. The van der Waals surface area contributed by atoms with Crippen LogP contribution in [0.4, 0.5) is 0 Å². The van der Waals surface area contributed by atoms with Crippen LogP contribution in [-0.4, -0.2) is 35.2 Å². The molecular weight excluding hydrogens is 234 g/mol. The second kappa shape index (κ2) is 11.9. The highest BCUT2D eigenvalue weighted by molar-refractivity contribution is 5.89. The first kappa shape index (κ1) is 12.8. The predicted octanol–water partition coefficient (Wildman–Crippen LogP) is 2.05. The lowest BCUT2D eigenvalue weighted by molar-refractivity contribution is -0.134. The smallest absolute Gasteiger partial charge is 0.328 e. The van der Waals surface area contributed by atoms with Crippen molar-refractivity contribution in [3.63, 3.8) is 0 Å². The third kappa shape index (κ3) is 19.9. The maximum atomic E-state index is 9.55. The minimum atomic E-state index is -2.01. The van der Waals surface area contributed by atoms with Crippen LogP contribution in [0, 0.1) is 0 Å². The predicted molar refractivity (Wildman–Crippen MR) is 71.6 cm³/mol. The van der Waals surface area contributed by atoms with E-state index in [9.17, 15) is 9.59 Å². The zero-order valence-electron chi connectivity index (χ0n) is 13.9. The van der Waals surface area contributed by atoms with Crippen LogP contribution >= 0.6 is 0 Å². The zero-order valence-corrected chi connectivity index (χ0v) is 10.9. The van der Waals surface area contributed by atoms with E-state index in [0.29, 0.717) is 12.2 Å². The zero-order chi connectivity index (χ0) is 17.1. The van der Waals surface area contributed by atoms with Crippen molar-refractivity contribution >= 4 is 11.9 Å². The minimum Gasteiger partial charge on any atom is -0.478 e. The Bertz CT molecular complexity index is 369. The molecular formula is C13H23NO4. The Hall–Kier alpha value is -1.62. The monoisotopic (exact) mass is 260 g/mol. The SMILES string of the molecule is O=C(O)/C=C/C(=O)O.[2H]C([2H])([2H])NC(C)CCC=C(C)C. The molecule has 5 nitrogen and oxygen atoms in total. The first-order valence-corrected chi connectivity index (χ1v) is 5.49. The van der Waals surface area contributed by atoms with Crippen molar-refractivity contribution in [2.45, 2.75) is 39.7 Å². The molecule has 0 aliphatic heterocycles. The van der Waals surface area contributed by atoms with Gasteiger partial charge in [0.05, 0.1) is 0 Å². The van der Waals surface area contributed by atoms with E-state index >= 15 is 0 Å². The van der Waals surface area contributed by atoms with E-state index in [2.05, 4.69) is 11.4 Å². The number of nitrogens with one attached hydrogen (secondary N) is 1. The van der Waals surface area contributed by atoms with E-state index in [1.165, 1.54) is 5.57 Å². The largest absolute Gasteiger partial charge is 0.478 e. The van der Waals surface area contributed by atoms with Gasteiger partial charge in [0, 0.05) is 22.3 Å². The van der Waals surface area contributed by atoms with Gasteiger partial charge in [0.2, 0.25) is 0 Å². The molecule has 0 aromatic rings. The normalized spacial score (nSPS) is 14.5. The fourth-order valence-electron chi connectivity index (χ4n) is 0.837. The Kier molecular flexibility index (Phi) is 8.45. The fraction of sp³-hybridized carbons (Fsp3) is 0.538. The quantitative estimate of drug-likeness (QED) is 0.502. The molecule has 0 aromatic carbocycles. The van der Waals surface area contributed by atoms with Crippen molar-refractivity contribution in [3.8, 4) is 0 Å². The van der Waals surface area contributed by atoms with E-state index in [0.717, 1.165) is 12.8 Å². The molecule has 0 aromatic heterocycles. The summed E-state index contributed by atoms with van der Waals surface area (Å²) in [5, 5.41) is 18.2. The summed E-state index contributed by atoms with van der Waals surface area (Å²) >= 11 is 0. The lowest BCUT2D eigenvalue weighted by Crippen LogP contribution is -2.20. The molecule has 0 spiro atoms. The Morgan fingerprint density at radius 1 is 1.28 bits per heavy atom. The summed E-state index contributed by atoms with van der Waals surface area (Å²) in [6, 6.07) is 0.0445. The van der Waals surface area contributed by atoms with E-state index in [1.54, 1.807) is 0 Å². The minimum absolute atomic E-state index is 0.0445. The Balaban J connectivity index is 0. The third-order valence-corrected chi connectivity index (χ3v) is 1.77. The molecule has 1 atom stereocenters. The molecule has 0 amide bonds. The van der Waals surface area contributed by atoms with Gasteiger partial charge in [-0.1, -0.05) is 11.6 Å². The molecule has 0 saturated heterocycles. The van der Waals surface area contributed by atoms with E-state index in [4.69, 9.17) is 14.3 Å². The van der Waals surface area contributed by atoms with Gasteiger partial charge in [-0.25, -0.2) is 9.59 Å². The summed E-state index contributed by atoms with van der Waals surface area (Å²) in [6.07, 6.45) is 5.04. The van der Waals surface area contributed by atoms with Crippen LogP contribution < -0.4 is 5.32 Å². The van der Waals surface area contributed by atoms with Crippen LogP contribution in [0.1, 0.15) is 37.7 Å². The Morgan fingerprint density at radius 2 is 1.78 bits per heavy atom. The van der Waals surface area contributed by atoms with Gasteiger partial charge in [-0.2, -0.15) is 0 Å². The summed E-state index contributed by atoms with van der Waals surface area (Å²) < 4.78 is 21.0. The van der Waals surface area contributed by atoms with Crippen LogP contribution in [-0.2, 0) is 9.59 Å². The summed E-state index contributed by atoms with van der Waals surface area (Å²) in [5.74, 6) is -2.51. The van der Waals surface area contributed by atoms with E-state index in [1.807, 2.05) is 20.8 Å². The van der Waals surface area contributed by atoms with Gasteiger partial charge < -0.3 is 15.5 Å². The summed E-state index contributed by atoms with van der Waals surface area (Å²) in [6.45, 7) is 3.97. The molecule has 0 bridgehead atoms. The maximum absolute atomic E-state index is 9.55. The highest BCUT2D eigenvalue weighted by Gasteiger charge is 1.93. The Morgan fingerprint density at radius 3 is 2.11 bits per heavy atom. The van der Waals surface area contributed by atoms with Crippen LogP contribution in [0.15, 0.2) is 23.8 Å². The number of rotatable bonds is 6. The second-order valence-electron chi connectivity index (χ2n) is 3.91. The summed E-state index contributed by atoms with van der Waals surface area (Å²) in [4.78, 5) is 19.1. The van der Waals surface area contributed by atoms with Crippen molar-refractivity contribution in [3.05, 3.63) is 23.8 Å². The number of aliphatic carboxylic acids is 2. The summed E-state index contributed by atoms with van der Waals surface area (Å²) in [7, 11) is 0. The number of hydrogen-bond acceptors (Lipinski definition) is 3. The second-order valence-corrected chi connectivity index (χ2v) is 3.91. The van der Waals surface area contributed by atoms with E-state index in [-0.39, 0.29) is 6.04 Å². The number of hydrogen-bond donors (Lipinski definition) is 3. The lowest BCUT2D eigenvalue weighted by Gasteiger charge is -2.06. The fourth-order valence-corrected chi connectivity index (χ4v) is 0.837. The molecule has 0 heterocycles. The van der Waals surface area contributed by atoms with Crippen molar-refractivity contribution in [1.29, 1.82) is 0 Å². The average molecular weight is 260 g/mol. The van der Waals surface area contributed by atoms with Gasteiger partial charge >= 0.3 is 11.9 Å². The highest BCUT2D eigenvalue weighted by atomic mass is 16.4. The first-order valence-electron chi connectivity index (χ1n) is 6.99. The third-order valence-electron chi connectivity index (χ3n) is 1.77. The molecule has 1 unspecified atom stereocenters. The molecule has 0 aliphatic rings. The Labute approximate surface area is 112 Å². The first-order chi connectivity index (χ1) is 9.44. The van der Waals surface area contributed by atoms with Gasteiger partial charge in [-0.3, -0.25) is 0 Å². The van der Waals surface area contributed by atoms with Gasteiger partial charge in [0.25, 0.3) is 0 Å². The number of allylic oxidation sites excluding steroid dienone is 2. The van der Waals surface area contributed by atoms with Gasteiger partial charge in [0.1, 0.15) is 0 Å². The number of carbonyl (C=O) groups is 2. The van der Waals surface area contributed by atoms with Crippen LogP contribution in [0.3, 0.4) is 0 Å². The average Bonchev–Trinajstić information content (AvgIpc) is 2.24. The van der Waals surface area contributed by atoms with Crippen molar-refractivity contribution in [2.75, 3.05) is 6.98 Å². The topological polar surface area (TPSA) is 86.6 Å². The molecule has 104 valence electrons. The molecule has 3 N–H and O–H groups in total. The molecule has 0 radical (unpaired) electrons. The summed E-state index contributed by atoms with van der Waals surface area (Å²) in [5.41, 5.74) is 1.28. The van der Waals surface area contributed by atoms with Crippen LogP contribution in [0.25, 0.3) is 0 Å². The van der Waals surface area contributed by atoms with Gasteiger partial charge in [-0.05, 0) is 40.6 Å². The number of carboxylic acids is 2. The molecule has 0 aliphatic carbocycles. The van der Waals surface area contributed by atoms with E-state index < -0.39 is 18.9 Å². The highest BCUT2D eigenvalue weighted by Crippen LogP contribution is 1.99. The standard InChI is InChI=1S/C9H19N.C4H4O4/c1-8(2)6-5-7-9(3)10-4;5-3(6)1-2-4(7)8/h6,9-10H,5,7H2,1-4H3;1-2H,(H,5,6)(H,7,8)/b;2-1+/i4D3;. The molecule has 0 saturated carbocycles. The van der Waals surface area contributed by atoms with Crippen LogP contribution in [0.2, 0.25) is 0 Å². The van der Waals surface area contributed by atoms with Crippen molar-refractivity contribution in [1.82, 2.24) is 5.32 Å². The lowest BCUT2D eigenvalue weighted by atomic mass is 10.1.